The lowest BCUT2D eigenvalue weighted by atomic mass is 10.0. The van der Waals surface area contributed by atoms with Crippen LogP contribution in [0, 0.1) is 0 Å². The van der Waals surface area contributed by atoms with Crippen molar-refractivity contribution in [1.29, 1.82) is 0 Å². The lowest BCUT2D eigenvalue weighted by molar-refractivity contribution is 0.483. The van der Waals surface area contributed by atoms with E-state index in [1.165, 1.54) is 29.1 Å². The molecule has 0 unspecified atom stereocenters. The molecule has 1 N–H and O–H groups in total. The molecule has 112 valence electrons. The predicted octanol–water partition coefficient (Wildman–Crippen LogP) is 3.45. The Morgan fingerprint density at radius 2 is 2.05 bits per heavy atom. The summed E-state index contributed by atoms with van der Waals surface area (Å²) >= 11 is 1.97. The van der Waals surface area contributed by atoms with Gasteiger partial charge in [-0.15, -0.1) is 22.0 Å². The van der Waals surface area contributed by atoms with Crippen LogP contribution < -0.4 is 5.32 Å². The highest BCUT2D eigenvalue weighted by Crippen LogP contribution is 2.34. The van der Waals surface area contributed by atoms with Crippen LogP contribution in [0.25, 0.3) is 5.65 Å². The van der Waals surface area contributed by atoms with Crippen LogP contribution in [0.1, 0.15) is 30.3 Å². The van der Waals surface area contributed by atoms with Crippen molar-refractivity contribution in [2.24, 2.45) is 0 Å². The smallest absolute Gasteiger partial charge is 0.160 e. The Hall–Kier alpha value is -1.85. The van der Waals surface area contributed by atoms with Gasteiger partial charge in [0.1, 0.15) is 0 Å². The molecule has 22 heavy (non-hydrogen) atoms. The first-order valence-corrected chi connectivity index (χ1v) is 8.64. The lowest BCUT2D eigenvalue weighted by Crippen LogP contribution is -2.22. The summed E-state index contributed by atoms with van der Waals surface area (Å²) in [7, 11) is 0. The summed E-state index contributed by atoms with van der Waals surface area (Å²) in [5, 5.41) is 12.2. The molecule has 0 aliphatic carbocycles. The number of rotatable bonds is 3. The van der Waals surface area contributed by atoms with Crippen molar-refractivity contribution < 1.29 is 0 Å². The normalized spacial score (nSPS) is 18.1. The Kier molecular flexibility index (Phi) is 3.83. The zero-order chi connectivity index (χ0) is 14.8. The molecule has 1 aliphatic rings. The number of aromatic nitrogens is 3. The van der Waals surface area contributed by atoms with Gasteiger partial charge in [0, 0.05) is 17.1 Å². The molecule has 0 bridgehead atoms. The lowest BCUT2D eigenvalue weighted by Gasteiger charge is -2.18. The molecule has 0 fully saturated rings. The summed E-state index contributed by atoms with van der Waals surface area (Å²) in [5.41, 5.74) is 2.31. The minimum absolute atomic E-state index is 0.391. The first-order valence-electron chi connectivity index (χ1n) is 7.65. The van der Waals surface area contributed by atoms with E-state index in [2.05, 4.69) is 39.8 Å². The molecule has 4 rings (SSSR count). The maximum atomic E-state index is 4.30. The monoisotopic (exact) mass is 310 g/mol. The van der Waals surface area contributed by atoms with Gasteiger partial charge >= 0.3 is 0 Å². The molecule has 0 spiro atoms. The Balaban J connectivity index is 1.56. The van der Waals surface area contributed by atoms with Crippen LogP contribution in [0.15, 0.2) is 53.6 Å². The standard InChI is InChI=1S/C17H18N4S/c1-2-8-15-13(6-1)14(7-5-11-22-15)18-12-17-20-19-16-9-3-4-10-21(16)17/h1-4,6,8-10,14,18H,5,7,11-12H2/t14-/m0/s1. The van der Waals surface area contributed by atoms with E-state index >= 15 is 0 Å². The van der Waals surface area contributed by atoms with Crippen LogP contribution in [-0.2, 0) is 6.54 Å². The van der Waals surface area contributed by atoms with Crippen LogP contribution in [0.4, 0.5) is 0 Å². The van der Waals surface area contributed by atoms with E-state index in [4.69, 9.17) is 0 Å². The summed E-state index contributed by atoms with van der Waals surface area (Å²) < 4.78 is 2.05. The van der Waals surface area contributed by atoms with Crippen LogP contribution in [0.2, 0.25) is 0 Å². The minimum atomic E-state index is 0.391. The Labute approximate surface area is 134 Å². The molecule has 0 radical (unpaired) electrons. The number of nitrogens with zero attached hydrogens (tertiary/aromatic N) is 3. The number of nitrogens with one attached hydrogen (secondary N) is 1. The van der Waals surface area contributed by atoms with Crippen molar-refractivity contribution in [2.75, 3.05) is 5.75 Å². The molecule has 5 heteroatoms. The number of fused-ring (bicyclic) bond motifs is 2. The van der Waals surface area contributed by atoms with Gasteiger partial charge < -0.3 is 5.32 Å². The quantitative estimate of drug-likeness (QED) is 0.804. The Bertz CT molecular complexity index is 783. The average Bonchev–Trinajstić information content (AvgIpc) is 2.86. The van der Waals surface area contributed by atoms with E-state index < -0.39 is 0 Å². The maximum Gasteiger partial charge on any atom is 0.160 e. The van der Waals surface area contributed by atoms with Crippen molar-refractivity contribution in [1.82, 2.24) is 19.9 Å². The first kappa shape index (κ1) is 13.8. The van der Waals surface area contributed by atoms with E-state index in [1.807, 2.05) is 40.6 Å². The first-order chi connectivity index (χ1) is 10.9. The van der Waals surface area contributed by atoms with Crippen molar-refractivity contribution >= 4 is 17.4 Å². The third-order valence-electron chi connectivity index (χ3n) is 4.08. The minimum Gasteiger partial charge on any atom is -0.303 e. The molecule has 1 aromatic carbocycles. The van der Waals surface area contributed by atoms with E-state index in [1.54, 1.807) is 0 Å². The highest BCUT2D eigenvalue weighted by Gasteiger charge is 2.18. The molecule has 0 saturated carbocycles. The van der Waals surface area contributed by atoms with Crippen molar-refractivity contribution in [2.45, 2.75) is 30.3 Å². The second-order valence-corrected chi connectivity index (χ2v) is 6.64. The van der Waals surface area contributed by atoms with Gasteiger partial charge in [-0.1, -0.05) is 24.3 Å². The molecule has 1 atom stereocenters. The van der Waals surface area contributed by atoms with E-state index in [0.717, 1.165) is 18.0 Å². The number of pyridine rings is 1. The zero-order valence-corrected chi connectivity index (χ0v) is 13.1. The third-order valence-corrected chi connectivity index (χ3v) is 5.26. The van der Waals surface area contributed by atoms with Gasteiger partial charge in [0.2, 0.25) is 0 Å². The maximum absolute atomic E-state index is 4.30. The molecule has 3 aromatic rings. The summed E-state index contributed by atoms with van der Waals surface area (Å²) in [6.45, 7) is 0.731. The second-order valence-electron chi connectivity index (χ2n) is 5.51. The van der Waals surface area contributed by atoms with Gasteiger partial charge in [-0.25, -0.2) is 0 Å². The molecule has 2 aromatic heterocycles. The van der Waals surface area contributed by atoms with E-state index in [9.17, 15) is 0 Å². The molecule has 0 saturated heterocycles. The van der Waals surface area contributed by atoms with Crippen LogP contribution >= 0.6 is 11.8 Å². The number of hydrogen-bond donors (Lipinski definition) is 1. The largest absolute Gasteiger partial charge is 0.303 e. The van der Waals surface area contributed by atoms with Crippen molar-refractivity contribution in [3.63, 3.8) is 0 Å². The van der Waals surface area contributed by atoms with Crippen molar-refractivity contribution in [3.05, 3.63) is 60.0 Å². The molecule has 4 nitrogen and oxygen atoms in total. The molecular weight excluding hydrogens is 292 g/mol. The molecule has 3 heterocycles. The predicted molar refractivity (Wildman–Crippen MR) is 89.0 cm³/mol. The fraction of sp³-hybridized carbons (Fsp3) is 0.294. The van der Waals surface area contributed by atoms with Crippen LogP contribution in [-0.4, -0.2) is 20.4 Å². The fourth-order valence-electron chi connectivity index (χ4n) is 2.96. The van der Waals surface area contributed by atoms with E-state index in [-0.39, 0.29) is 0 Å². The van der Waals surface area contributed by atoms with Gasteiger partial charge in [-0.05, 0) is 42.4 Å². The van der Waals surface area contributed by atoms with Gasteiger partial charge in [-0.3, -0.25) is 4.40 Å². The number of benzene rings is 1. The van der Waals surface area contributed by atoms with Gasteiger partial charge in [0.25, 0.3) is 0 Å². The van der Waals surface area contributed by atoms with Gasteiger partial charge in [0.15, 0.2) is 11.5 Å². The average molecular weight is 310 g/mol. The SMILES string of the molecule is c1ccc2c(c1)SCCC[C@@H]2NCc1nnc2ccccn12. The number of hydrogen-bond acceptors (Lipinski definition) is 4. The molecule has 1 aliphatic heterocycles. The topological polar surface area (TPSA) is 42.2 Å². The number of thioether (sulfide) groups is 1. The molecular formula is C17H18N4S. The fourth-order valence-corrected chi connectivity index (χ4v) is 4.05. The summed E-state index contributed by atoms with van der Waals surface area (Å²) in [6.07, 6.45) is 4.42. The Morgan fingerprint density at radius 1 is 1.14 bits per heavy atom. The Morgan fingerprint density at radius 3 is 3.05 bits per heavy atom. The second kappa shape index (κ2) is 6.10. The summed E-state index contributed by atoms with van der Waals surface area (Å²) in [5.74, 6) is 2.16. The third kappa shape index (κ3) is 2.62. The zero-order valence-electron chi connectivity index (χ0n) is 12.3. The van der Waals surface area contributed by atoms with Crippen LogP contribution in [0.3, 0.4) is 0 Å². The van der Waals surface area contributed by atoms with Crippen molar-refractivity contribution in [3.8, 4) is 0 Å². The van der Waals surface area contributed by atoms with Gasteiger partial charge in [0.05, 0.1) is 6.54 Å². The summed E-state index contributed by atoms with van der Waals surface area (Å²) in [4.78, 5) is 1.41. The van der Waals surface area contributed by atoms with Gasteiger partial charge in [-0.2, -0.15) is 0 Å². The molecule has 0 amide bonds. The summed E-state index contributed by atoms with van der Waals surface area (Å²) in [6, 6.07) is 15.1. The highest BCUT2D eigenvalue weighted by molar-refractivity contribution is 7.99. The highest BCUT2D eigenvalue weighted by atomic mass is 32.2. The van der Waals surface area contributed by atoms with E-state index in [0.29, 0.717) is 6.04 Å². The van der Waals surface area contributed by atoms with Crippen LogP contribution in [0.5, 0.6) is 0 Å².